The Balaban J connectivity index is 2.42. The summed E-state index contributed by atoms with van der Waals surface area (Å²) >= 11 is 5.00. The van der Waals surface area contributed by atoms with Crippen molar-refractivity contribution in [3.63, 3.8) is 0 Å². The number of hydrogen-bond acceptors (Lipinski definition) is 3. The van der Waals surface area contributed by atoms with E-state index >= 15 is 0 Å². The van der Waals surface area contributed by atoms with Crippen LogP contribution < -0.4 is 5.56 Å². The number of hydrogen-bond donors (Lipinski definition) is 0. The van der Waals surface area contributed by atoms with E-state index in [2.05, 4.69) is 20.9 Å². The summed E-state index contributed by atoms with van der Waals surface area (Å²) in [6.07, 6.45) is 0. The first-order chi connectivity index (χ1) is 9.09. The van der Waals surface area contributed by atoms with Gasteiger partial charge in [-0.15, -0.1) is 11.3 Å². The zero-order valence-corrected chi connectivity index (χ0v) is 12.9. The van der Waals surface area contributed by atoms with Gasteiger partial charge in [0.15, 0.2) is 0 Å². The van der Waals surface area contributed by atoms with Crippen LogP contribution in [0.1, 0.15) is 4.88 Å². The number of thiophene rings is 1. The largest absolute Gasteiger partial charge is 0.295 e. The first-order valence-electron chi connectivity index (χ1n) is 5.80. The molecule has 0 amide bonds. The second-order valence-electron chi connectivity index (χ2n) is 4.32. The molecule has 0 bridgehead atoms. The molecule has 0 radical (unpaired) electrons. The zero-order valence-electron chi connectivity index (χ0n) is 10.5. The molecule has 0 aliphatic carbocycles. The van der Waals surface area contributed by atoms with Gasteiger partial charge in [-0.05, 0) is 22.9 Å². The normalized spacial score (nSPS) is 11.1. The van der Waals surface area contributed by atoms with Crippen LogP contribution >= 0.6 is 27.3 Å². The lowest BCUT2D eigenvalue weighted by Crippen LogP contribution is -2.19. The van der Waals surface area contributed by atoms with E-state index < -0.39 is 0 Å². The molecule has 5 heteroatoms. The molecule has 3 aromatic rings. The van der Waals surface area contributed by atoms with E-state index in [1.54, 1.807) is 11.6 Å². The van der Waals surface area contributed by atoms with Crippen molar-refractivity contribution in [3.8, 4) is 11.4 Å². The van der Waals surface area contributed by atoms with Crippen LogP contribution in [0.15, 0.2) is 39.6 Å². The first kappa shape index (κ1) is 12.6. The summed E-state index contributed by atoms with van der Waals surface area (Å²) in [7, 11) is 1.76. The predicted molar refractivity (Wildman–Crippen MR) is 82.7 cm³/mol. The molecule has 3 nitrogen and oxygen atoms in total. The van der Waals surface area contributed by atoms with Gasteiger partial charge in [-0.2, -0.15) is 0 Å². The Hall–Kier alpha value is -1.46. The van der Waals surface area contributed by atoms with Crippen molar-refractivity contribution >= 4 is 37.5 Å². The zero-order chi connectivity index (χ0) is 13.6. The summed E-state index contributed by atoms with van der Waals surface area (Å²) in [6.45, 7) is 1.98. The fraction of sp³-hybridized carbons (Fsp3) is 0.143. The van der Waals surface area contributed by atoms with Crippen LogP contribution in [0.25, 0.3) is 21.6 Å². The number of fused-ring (bicyclic) bond motifs is 1. The lowest BCUT2D eigenvalue weighted by molar-refractivity contribution is 0.858. The van der Waals surface area contributed by atoms with Crippen molar-refractivity contribution in [2.75, 3.05) is 0 Å². The SMILES string of the molecule is Cc1sc2c(=O)n(C)c(-c3ccccc3)nc2c1Br. The molecule has 2 heterocycles. The van der Waals surface area contributed by atoms with Gasteiger partial charge < -0.3 is 0 Å². The van der Waals surface area contributed by atoms with Gasteiger partial charge in [0.1, 0.15) is 16.0 Å². The van der Waals surface area contributed by atoms with Crippen LogP contribution in [0, 0.1) is 6.92 Å². The van der Waals surface area contributed by atoms with Crippen LogP contribution in [-0.4, -0.2) is 9.55 Å². The Bertz CT molecular complexity index is 821. The molecule has 3 rings (SSSR count). The summed E-state index contributed by atoms with van der Waals surface area (Å²) in [5.41, 5.74) is 1.70. The van der Waals surface area contributed by atoms with Gasteiger partial charge in [-0.3, -0.25) is 9.36 Å². The Morgan fingerprint density at radius 3 is 2.63 bits per heavy atom. The highest BCUT2D eigenvalue weighted by molar-refractivity contribution is 9.10. The molecular formula is C14H11BrN2OS. The lowest BCUT2D eigenvalue weighted by atomic mass is 10.2. The van der Waals surface area contributed by atoms with Crippen molar-refractivity contribution in [2.24, 2.45) is 7.05 Å². The monoisotopic (exact) mass is 334 g/mol. The van der Waals surface area contributed by atoms with Crippen molar-refractivity contribution in [2.45, 2.75) is 6.92 Å². The standard InChI is InChI=1S/C14H11BrN2OS/c1-8-10(15)11-12(19-8)14(18)17(2)13(16-11)9-6-4-3-5-7-9/h3-7H,1-2H3. The molecule has 1 aromatic carbocycles. The van der Waals surface area contributed by atoms with Crippen LogP contribution in [-0.2, 0) is 7.05 Å². The lowest BCUT2D eigenvalue weighted by Gasteiger charge is -2.07. The summed E-state index contributed by atoms with van der Waals surface area (Å²) in [6, 6.07) is 9.76. The van der Waals surface area contributed by atoms with E-state index in [1.165, 1.54) is 11.3 Å². The maximum absolute atomic E-state index is 12.4. The smallest absolute Gasteiger partial charge is 0.271 e. The van der Waals surface area contributed by atoms with Crippen molar-refractivity contribution in [3.05, 3.63) is 50.0 Å². The van der Waals surface area contributed by atoms with Crippen molar-refractivity contribution < 1.29 is 0 Å². The molecule has 0 spiro atoms. The average Bonchev–Trinajstić information content (AvgIpc) is 2.71. The number of halogens is 1. The van der Waals surface area contributed by atoms with Gasteiger partial charge in [0.05, 0.1) is 4.47 Å². The highest BCUT2D eigenvalue weighted by atomic mass is 79.9. The molecular weight excluding hydrogens is 324 g/mol. The molecule has 2 aromatic heterocycles. The molecule has 0 fully saturated rings. The Kier molecular flexibility index (Phi) is 3.03. The minimum atomic E-state index is 0.00246. The molecule has 0 atom stereocenters. The van der Waals surface area contributed by atoms with Crippen molar-refractivity contribution in [1.82, 2.24) is 9.55 Å². The summed E-state index contributed by atoms with van der Waals surface area (Å²) in [4.78, 5) is 18.1. The number of nitrogens with zero attached hydrogens (tertiary/aromatic N) is 2. The average molecular weight is 335 g/mol. The summed E-state index contributed by atoms with van der Waals surface area (Å²) in [5.74, 6) is 0.691. The molecule has 0 unspecified atom stereocenters. The summed E-state index contributed by atoms with van der Waals surface area (Å²) in [5, 5.41) is 0. The maximum Gasteiger partial charge on any atom is 0.271 e. The second-order valence-corrected chi connectivity index (χ2v) is 6.33. The molecule has 0 N–H and O–H groups in total. The van der Waals surface area contributed by atoms with Crippen LogP contribution in [0.3, 0.4) is 0 Å². The van der Waals surface area contributed by atoms with E-state index in [4.69, 9.17) is 0 Å². The molecule has 0 saturated heterocycles. The molecule has 96 valence electrons. The van der Waals surface area contributed by atoms with Gasteiger partial charge >= 0.3 is 0 Å². The number of aryl methyl sites for hydroxylation is 1. The number of aromatic nitrogens is 2. The minimum Gasteiger partial charge on any atom is -0.295 e. The van der Waals surface area contributed by atoms with Gasteiger partial charge in [0.2, 0.25) is 0 Å². The van der Waals surface area contributed by atoms with Gasteiger partial charge in [-0.25, -0.2) is 4.98 Å². The van der Waals surface area contributed by atoms with E-state index in [1.807, 2.05) is 37.3 Å². The molecule has 0 aliphatic heterocycles. The fourth-order valence-electron chi connectivity index (χ4n) is 2.03. The fourth-order valence-corrected chi connectivity index (χ4v) is 3.65. The molecule has 0 aliphatic rings. The van der Waals surface area contributed by atoms with E-state index in [-0.39, 0.29) is 5.56 Å². The van der Waals surface area contributed by atoms with Gasteiger partial charge in [0, 0.05) is 17.5 Å². The van der Waals surface area contributed by atoms with E-state index in [0.717, 1.165) is 20.4 Å². The number of rotatable bonds is 1. The third-order valence-electron chi connectivity index (χ3n) is 3.05. The third kappa shape index (κ3) is 1.93. The number of benzene rings is 1. The molecule has 19 heavy (non-hydrogen) atoms. The highest BCUT2D eigenvalue weighted by Crippen LogP contribution is 2.32. The van der Waals surface area contributed by atoms with Crippen LogP contribution in [0.4, 0.5) is 0 Å². The topological polar surface area (TPSA) is 34.9 Å². The van der Waals surface area contributed by atoms with Crippen LogP contribution in [0.5, 0.6) is 0 Å². The van der Waals surface area contributed by atoms with E-state index in [0.29, 0.717) is 10.5 Å². The Morgan fingerprint density at radius 2 is 1.95 bits per heavy atom. The van der Waals surface area contributed by atoms with E-state index in [9.17, 15) is 4.79 Å². The van der Waals surface area contributed by atoms with Gasteiger partial charge in [0.25, 0.3) is 5.56 Å². The Morgan fingerprint density at radius 1 is 1.26 bits per heavy atom. The van der Waals surface area contributed by atoms with Gasteiger partial charge in [-0.1, -0.05) is 30.3 Å². The minimum absolute atomic E-state index is 0.00246. The summed E-state index contributed by atoms with van der Waals surface area (Å²) < 4.78 is 3.23. The first-order valence-corrected chi connectivity index (χ1v) is 7.41. The van der Waals surface area contributed by atoms with Crippen molar-refractivity contribution in [1.29, 1.82) is 0 Å². The van der Waals surface area contributed by atoms with Crippen LogP contribution in [0.2, 0.25) is 0 Å². The Labute approximate surface area is 122 Å². The third-order valence-corrected chi connectivity index (χ3v) is 5.37. The quantitative estimate of drug-likeness (QED) is 0.679. The second kappa shape index (κ2) is 4.58. The molecule has 0 saturated carbocycles. The predicted octanol–water partition coefficient (Wildman–Crippen LogP) is 3.73. The highest BCUT2D eigenvalue weighted by Gasteiger charge is 2.15. The maximum atomic E-state index is 12.4.